The van der Waals surface area contributed by atoms with E-state index in [4.69, 9.17) is 0 Å². The normalized spacial score (nSPS) is 28.9. The van der Waals surface area contributed by atoms with Crippen molar-refractivity contribution in [2.75, 3.05) is 39.8 Å². The Morgan fingerprint density at radius 3 is 2.12 bits per heavy atom. The van der Waals surface area contributed by atoms with Crippen LogP contribution in [-0.2, 0) is 0 Å². The summed E-state index contributed by atoms with van der Waals surface area (Å²) in [6.07, 6.45) is 4.26. The van der Waals surface area contributed by atoms with E-state index in [1.807, 2.05) is 13.8 Å². The van der Waals surface area contributed by atoms with Gasteiger partial charge in [0.25, 0.3) is 0 Å². The van der Waals surface area contributed by atoms with E-state index in [1.54, 1.807) is 0 Å². The maximum atomic E-state index is 2.68. The predicted molar refractivity (Wildman–Crippen MR) is 71.8 cm³/mol. The molecular formula is C14H30N2. The molecule has 2 heterocycles. The summed E-state index contributed by atoms with van der Waals surface area (Å²) in [6.45, 7) is 13.1. The Morgan fingerprint density at radius 1 is 1.00 bits per heavy atom. The lowest BCUT2D eigenvalue weighted by Gasteiger charge is -2.32. The van der Waals surface area contributed by atoms with Gasteiger partial charge in [0.1, 0.15) is 0 Å². The minimum atomic E-state index is 0.952. The number of likely N-dealkylation sites (tertiary alicyclic amines) is 2. The Labute approximate surface area is 102 Å². The first kappa shape index (κ1) is 14.0. The summed E-state index contributed by atoms with van der Waals surface area (Å²) >= 11 is 0. The van der Waals surface area contributed by atoms with Gasteiger partial charge in [-0.3, -0.25) is 0 Å². The second-order valence-electron chi connectivity index (χ2n) is 5.40. The summed E-state index contributed by atoms with van der Waals surface area (Å²) in [6, 6.07) is 0. The number of nitrogens with zero attached hydrogens (tertiary/aromatic N) is 2. The van der Waals surface area contributed by atoms with E-state index in [1.165, 1.54) is 52.0 Å². The standard InChI is InChI=1S/C12H24N2.C2H6/c1-11-3-7-14(8-4-11)10-12-5-6-13(2)9-12;1-2/h11-12H,3-10H2,1-2H3;1-2H3/t12-;/m1./s1. The van der Waals surface area contributed by atoms with E-state index in [9.17, 15) is 0 Å². The van der Waals surface area contributed by atoms with Crippen LogP contribution in [0.1, 0.15) is 40.0 Å². The molecule has 2 nitrogen and oxygen atoms in total. The highest BCUT2D eigenvalue weighted by molar-refractivity contribution is 4.78. The van der Waals surface area contributed by atoms with Crippen LogP contribution in [0.25, 0.3) is 0 Å². The van der Waals surface area contributed by atoms with Gasteiger partial charge < -0.3 is 9.80 Å². The zero-order valence-corrected chi connectivity index (χ0v) is 11.7. The van der Waals surface area contributed by atoms with Crippen molar-refractivity contribution in [3.63, 3.8) is 0 Å². The van der Waals surface area contributed by atoms with Crippen molar-refractivity contribution in [2.45, 2.75) is 40.0 Å². The molecule has 2 aliphatic heterocycles. The summed E-state index contributed by atoms with van der Waals surface area (Å²) in [5.74, 6) is 1.92. The topological polar surface area (TPSA) is 6.48 Å². The Balaban J connectivity index is 0.000000606. The second kappa shape index (κ2) is 7.29. The maximum Gasteiger partial charge on any atom is 0.00224 e. The van der Waals surface area contributed by atoms with Gasteiger partial charge in [0, 0.05) is 13.1 Å². The lowest BCUT2D eigenvalue weighted by atomic mass is 9.98. The first-order valence-corrected chi connectivity index (χ1v) is 7.15. The highest BCUT2D eigenvalue weighted by atomic mass is 15.2. The van der Waals surface area contributed by atoms with Crippen LogP contribution in [0, 0.1) is 11.8 Å². The first-order valence-electron chi connectivity index (χ1n) is 7.15. The molecule has 0 saturated carbocycles. The first-order chi connectivity index (χ1) is 7.74. The number of hydrogen-bond donors (Lipinski definition) is 0. The lowest BCUT2D eigenvalue weighted by molar-refractivity contribution is 0.168. The van der Waals surface area contributed by atoms with Gasteiger partial charge in [-0.05, 0) is 57.8 Å². The molecule has 2 rings (SSSR count). The van der Waals surface area contributed by atoms with Crippen molar-refractivity contribution in [3.05, 3.63) is 0 Å². The van der Waals surface area contributed by atoms with Gasteiger partial charge in [-0.25, -0.2) is 0 Å². The molecule has 96 valence electrons. The van der Waals surface area contributed by atoms with Gasteiger partial charge in [0.2, 0.25) is 0 Å². The Morgan fingerprint density at radius 2 is 1.62 bits per heavy atom. The summed E-state index contributed by atoms with van der Waals surface area (Å²) in [5, 5.41) is 0. The fourth-order valence-corrected chi connectivity index (χ4v) is 2.79. The molecule has 0 aromatic carbocycles. The average Bonchev–Trinajstić information content (AvgIpc) is 2.70. The van der Waals surface area contributed by atoms with Crippen LogP contribution in [0.2, 0.25) is 0 Å². The van der Waals surface area contributed by atoms with Crippen molar-refractivity contribution >= 4 is 0 Å². The third-order valence-electron chi connectivity index (χ3n) is 3.88. The molecule has 0 spiro atoms. The SMILES string of the molecule is CC.CC1CCN(C[C@@H]2CCN(C)C2)CC1. The van der Waals surface area contributed by atoms with E-state index < -0.39 is 0 Å². The van der Waals surface area contributed by atoms with Crippen molar-refractivity contribution in [3.8, 4) is 0 Å². The van der Waals surface area contributed by atoms with E-state index in [-0.39, 0.29) is 0 Å². The molecule has 0 N–H and O–H groups in total. The molecule has 2 fully saturated rings. The van der Waals surface area contributed by atoms with Crippen molar-refractivity contribution in [1.82, 2.24) is 9.80 Å². The monoisotopic (exact) mass is 226 g/mol. The summed E-state index contributed by atoms with van der Waals surface area (Å²) in [5.41, 5.74) is 0. The molecule has 0 aliphatic carbocycles. The molecule has 0 bridgehead atoms. The maximum absolute atomic E-state index is 2.68. The second-order valence-corrected chi connectivity index (χ2v) is 5.40. The number of hydrogen-bond acceptors (Lipinski definition) is 2. The zero-order chi connectivity index (χ0) is 12.0. The minimum Gasteiger partial charge on any atom is -0.306 e. The van der Waals surface area contributed by atoms with Gasteiger partial charge in [0.15, 0.2) is 0 Å². The van der Waals surface area contributed by atoms with Crippen molar-refractivity contribution < 1.29 is 0 Å². The highest BCUT2D eigenvalue weighted by Gasteiger charge is 2.23. The van der Waals surface area contributed by atoms with Crippen LogP contribution in [0.4, 0.5) is 0 Å². The van der Waals surface area contributed by atoms with E-state index in [0.717, 1.165) is 11.8 Å². The van der Waals surface area contributed by atoms with Gasteiger partial charge in [-0.15, -0.1) is 0 Å². The zero-order valence-electron chi connectivity index (χ0n) is 11.7. The molecule has 0 aromatic heterocycles. The van der Waals surface area contributed by atoms with Gasteiger partial charge in [0.05, 0.1) is 0 Å². The summed E-state index contributed by atoms with van der Waals surface area (Å²) in [7, 11) is 2.25. The van der Waals surface area contributed by atoms with Crippen LogP contribution >= 0.6 is 0 Å². The lowest BCUT2D eigenvalue weighted by Crippen LogP contribution is -2.37. The molecular weight excluding hydrogens is 196 g/mol. The average molecular weight is 226 g/mol. The van der Waals surface area contributed by atoms with Crippen LogP contribution in [-0.4, -0.2) is 49.6 Å². The van der Waals surface area contributed by atoms with Crippen molar-refractivity contribution in [2.24, 2.45) is 11.8 Å². The third kappa shape index (κ3) is 4.42. The fourth-order valence-electron chi connectivity index (χ4n) is 2.79. The Hall–Kier alpha value is -0.0800. The number of piperidine rings is 1. The van der Waals surface area contributed by atoms with Gasteiger partial charge in [-0.2, -0.15) is 0 Å². The van der Waals surface area contributed by atoms with E-state index >= 15 is 0 Å². The van der Waals surface area contributed by atoms with Gasteiger partial charge >= 0.3 is 0 Å². The molecule has 2 heteroatoms. The smallest absolute Gasteiger partial charge is 0.00224 e. The number of rotatable bonds is 2. The molecule has 0 unspecified atom stereocenters. The highest BCUT2D eigenvalue weighted by Crippen LogP contribution is 2.20. The van der Waals surface area contributed by atoms with Crippen LogP contribution in [0.15, 0.2) is 0 Å². The Kier molecular flexibility index (Phi) is 6.37. The van der Waals surface area contributed by atoms with E-state index in [2.05, 4.69) is 23.8 Å². The minimum absolute atomic E-state index is 0.952. The summed E-state index contributed by atoms with van der Waals surface area (Å²) in [4.78, 5) is 5.15. The van der Waals surface area contributed by atoms with Crippen LogP contribution < -0.4 is 0 Å². The predicted octanol–water partition coefficient (Wildman–Crippen LogP) is 2.70. The molecule has 2 saturated heterocycles. The Bertz CT molecular complexity index is 174. The van der Waals surface area contributed by atoms with E-state index in [0.29, 0.717) is 0 Å². The van der Waals surface area contributed by atoms with Crippen molar-refractivity contribution in [1.29, 1.82) is 0 Å². The molecule has 0 amide bonds. The molecule has 0 radical (unpaired) electrons. The molecule has 16 heavy (non-hydrogen) atoms. The third-order valence-corrected chi connectivity index (χ3v) is 3.88. The quantitative estimate of drug-likeness (QED) is 0.714. The van der Waals surface area contributed by atoms with Gasteiger partial charge in [-0.1, -0.05) is 20.8 Å². The summed E-state index contributed by atoms with van der Waals surface area (Å²) < 4.78 is 0. The molecule has 1 atom stereocenters. The van der Waals surface area contributed by atoms with Crippen LogP contribution in [0.3, 0.4) is 0 Å². The largest absolute Gasteiger partial charge is 0.306 e. The molecule has 2 aliphatic rings. The fraction of sp³-hybridized carbons (Fsp3) is 1.00. The van der Waals surface area contributed by atoms with Crippen LogP contribution in [0.5, 0.6) is 0 Å². The molecule has 0 aromatic rings.